The Labute approximate surface area is 159 Å². The summed E-state index contributed by atoms with van der Waals surface area (Å²) in [7, 11) is 1.65. The van der Waals surface area contributed by atoms with E-state index in [-0.39, 0.29) is 0 Å². The molecule has 6 heteroatoms. The van der Waals surface area contributed by atoms with Gasteiger partial charge in [0.1, 0.15) is 5.75 Å². The number of hydrogen-bond acceptors (Lipinski definition) is 3. The third kappa shape index (κ3) is 4.28. The Bertz CT molecular complexity index is 912. The van der Waals surface area contributed by atoms with Crippen LogP contribution < -0.4 is 15.8 Å². The van der Waals surface area contributed by atoms with Crippen LogP contribution in [-0.4, -0.2) is 22.9 Å². The molecule has 1 heterocycles. The Kier molecular flexibility index (Phi) is 5.45. The first kappa shape index (κ1) is 18.5. The molecule has 2 amide bonds. The van der Waals surface area contributed by atoms with E-state index in [0.29, 0.717) is 12.5 Å². The number of nitrogens with zero attached hydrogens (tertiary/aromatic N) is 2. The number of hydrogen-bond donors (Lipinski definition) is 2. The topological polar surface area (TPSA) is 82.2 Å². The largest absolute Gasteiger partial charge is 0.497 e. The SMILES string of the molecule is COc1ccc(-n2nc(C(C)C)cc2-c2ccc(CNC(N)=O)cc2)cc1. The highest BCUT2D eigenvalue weighted by Gasteiger charge is 2.14. The van der Waals surface area contributed by atoms with Gasteiger partial charge in [-0.25, -0.2) is 9.48 Å². The van der Waals surface area contributed by atoms with Crippen LogP contribution in [0.3, 0.4) is 0 Å². The van der Waals surface area contributed by atoms with Gasteiger partial charge in [0.25, 0.3) is 0 Å². The number of nitrogens with one attached hydrogen (secondary N) is 1. The third-order valence-electron chi connectivity index (χ3n) is 4.35. The molecule has 0 bridgehead atoms. The molecule has 0 spiro atoms. The van der Waals surface area contributed by atoms with E-state index in [1.54, 1.807) is 7.11 Å². The van der Waals surface area contributed by atoms with E-state index in [0.717, 1.165) is 34.0 Å². The number of carbonyl (C=O) groups is 1. The predicted octanol–water partition coefficient (Wildman–Crippen LogP) is 3.84. The summed E-state index contributed by atoms with van der Waals surface area (Å²) >= 11 is 0. The van der Waals surface area contributed by atoms with Gasteiger partial charge in [0, 0.05) is 12.1 Å². The first-order chi connectivity index (χ1) is 13.0. The third-order valence-corrected chi connectivity index (χ3v) is 4.35. The summed E-state index contributed by atoms with van der Waals surface area (Å²) in [5.41, 5.74) is 10.2. The van der Waals surface area contributed by atoms with Crippen molar-refractivity contribution in [2.45, 2.75) is 26.3 Å². The maximum absolute atomic E-state index is 10.9. The van der Waals surface area contributed by atoms with E-state index in [1.807, 2.05) is 53.2 Å². The summed E-state index contributed by atoms with van der Waals surface area (Å²) in [5.74, 6) is 1.13. The number of aromatic nitrogens is 2. The second-order valence-electron chi connectivity index (χ2n) is 6.63. The highest BCUT2D eigenvalue weighted by Crippen LogP contribution is 2.28. The fraction of sp³-hybridized carbons (Fsp3) is 0.238. The van der Waals surface area contributed by atoms with Crippen LogP contribution in [-0.2, 0) is 6.54 Å². The molecule has 0 aliphatic heterocycles. The number of rotatable bonds is 6. The summed E-state index contributed by atoms with van der Waals surface area (Å²) < 4.78 is 7.20. The Morgan fingerprint density at radius 2 is 1.81 bits per heavy atom. The molecular formula is C21H24N4O2. The fourth-order valence-electron chi connectivity index (χ4n) is 2.79. The smallest absolute Gasteiger partial charge is 0.312 e. The second kappa shape index (κ2) is 7.95. The van der Waals surface area contributed by atoms with Gasteiger partial charge < -0.3 is 15.8 Å². The summed E-state index contributed by atoms with van der Waals surface area (Å²) in [6.45, 7) is 4.66. The number of carbonyl (C=O) groups excluding carboxylic acids is 1. The minimum atomic E-state index is -0.529. The normalized spacial score (nSPS) is 10.8. The molecule has 140 valence electrons. The molecule has 6 nitrogen and oxygen atoms in total. The summed E-state index contributed by atoms with van der Waals surface area (Å²) in [6.07, 6.45) is 0. The molecule has 0 radical (unpaired) electrons. The molecule has 3 rings (SSSR count). The van der Waals surface area contributed by atoms with Crippen molar-refractivity contribution in [3.05, 3.63) is 65.9 Å². The molecule has 1 aromatic heterocycles. The van der Waals surface area contributed by atoms with Crippen molar-refractivity contribution in [1.29, 1.82) is 0 Å². The monoisotopic (exact) mass is 364 g/mol. The van der Waals surface area contributed by atoms with Crippen LogP contribution in [0, 0.1) is 0 Å². The van der Waals surface area contributed by atoms with Crippen molar-refractivity contribution in [2.75, 3.05) is 7.11 Å². The van der Waals surface area contributed by atoms with Crippen LogP contribution in [0.4, 0.5) is 4.79 Å². The van der Waals surface area contributed by atoms with Gasteiger partial charge >= 0.3 is 6.03 Å². The van der Waals surface area contributed by atoms with E-state index in [1.165, 1.54) is 0 Å². The molecule has 0 aliphatic rings. The van der Waals surface area contributed by atoms with Crippen LogP contribution in [0.25, 0.3) is 16.9 Å². The van der Waals surface area contributed by atoms with Crippen molar-refractivity contribution in [1.82, 2.24) is 15.1 Å². The lowest BCUT2D eigenvalue weighted by Crippen LogP contribution is -2.28. The van der Waals surface area contributed by atoms with E-state index in [4.69, 9.17) is 15.6 Å². The molecule has 0 saturated heterocycles. The lowest BCUT2D eigenvalue weighted by atomic mass is 10.1. The van der Waals surface area contributed by atoms with Crippen LogP contribution in [0.1, 0.15) is 31.0 Å². The lowest BCUT2D eigenvalue weighted by molar-refractivity contribution is 0.248. The molecular weight excluding hydrogens is 340 g/mol. The molecule has 27 heavy (non-hydrogen) atoms. The van der Waals surface area contributed by atoms with Gasteiger partial charge in [-0.15, -0.1) is 0 Å². The van der Waals surface area contributed by atoms with Gasteiger partial charge in [-0.05, 0) is 41.8 Å². The number of primary amides is 1. The molecule has 0 fully saturated rings. The maximum atomic E-state index is 10.9. The van der Waals surface area contributed by atoms with Crippen LogP contribution in [0.15, 0.2) is 54.6 Å². The quantitative estimate of drug-likeness (QED) is 0.697. The zero-order valence-corrected chi connectivity index (χ0v) is 15.8. The molecule has 0 atom stereocenters. The van der Waals surface area contributed by atoms with Crippen LogP contribution >= 0.6 is 0 Å². The fourth-order valence-corrected chi connectivity index (χ4v) is 2.79. The van der Waals surface area contributed by atoms with Crippen molar-refractivity contribution < 1.29 is 9.53 Å². The highest BCUT2D eigenvalue weighted by molar-refractivity contribution is 5.71. The Morgan fingerprint density at radius 1 is 1.15 bits per heavy atom. The van der Waals surface area contributed by atoms with Crippen LogP contribution in [0.5, 0.6) is 5.75 Å². The van der Waals surface area contributed by atoms with Gasteiger partial charge in [-0.3, -0.25) is 0 Å². The molecule has 0 saturated carbocycles. The summed E-state index contributed by atoms with van der Waals surface area (Å²) in [4.78, 5) is 10.9. The average Bonchev–Trinajstić information content (AvgIpc) is 3.12. The molecule has 3 aromatic rings. The van der Waals surface area contributed by atoms with Crippen molar-refractivity contribution in [3.8, 4) is 22.7 Å². The summed E-state index contributed by atoms with van der Waals surface area (Å²) in [5, 5.41) is 7.39. The first-order valence-corrected chi connectivity index (χ1v) is 8.85. The van der Waals surface area contributed by atoms with Crippen LogP contribution in [0.2, 0.25) is 0 Å². The first-order valence-electron chi connectivity index (χ1n) is 8.85. The van der Waals surface area contributed by atoms with Gasteiger partial charge in [-0.1, -0.05) is 38.1 Å². The lowest BCUT2D eigenvalue weighted by Gasteiger charge is -2.09. The van der Waals surface area contributed by atoms with Gasteiger partial charge in [0.2, 0.25) is 0 Å². The molecule has 2 aromatic carbocycles. The minimum absolute atomic E-state index is 0.322. The summed E-state index contributed by atoms with van der Waals surface area (Å²) in [6, 6.07) is 17.4. The minimum Gasteiger partial charge on any atom is -0.497 e. The van der Waals surface area contributed by atoms with Gasteiger partial charge in [0.05, 0.1) is 24.2 Å². The number of ether oxygens (including phenoxy) is 1. The van der Waals surface area contributed by atoms with Crippen molar-refractivity contribution >= 4 is 6.03 Å². The number of methoxy groups -OCH3 is 1. The number of nitrogens with two attached hydrogens (primary N) is 1. The van der Waals surface area contributed by atoms with Gasteiger partial charge in [-0.2, -0.15) is 5.10 Å². The standard InChI is InChI=1S/C21H24N4O2/c1-14(2)19-12-20(16-6-4-15(5-7-16)13-23-21(22)26)25(24-19)17-8-10-18(27-3)11-9-17/h4-12,14H,13H2,1-3H3,(H3,22,23,26). The maximum Gasteiger partial charge on any atom is 0.312 e. The zero-order valence-electron chi connectivity index (χ0n) is 15.8. The number of benzene rings is 2. The Morgan fingerprint density at radius 3 is 2.37 bits per heavy atom. The Balaban J connectivity index is 1.97. The predicted molar refractivity (Wildman–Crippen MR) is 106 cm³/mol. The number of urea groups is 1. The van der Waals surface area contributed by atoms with Gasteiger partial charge in [0.15, 0.2) is 0 Å². The molecule has 0 aliphatic carbocycles. The zero-order chi connectivity index (χ0) is 19.4. The highest BCUT2D eigenvalue weighted by atomic mass is 16.5. The van der Waals surface area contributed by atoms with Crippen molar-refractivity contribution in [3.63, 3.8) is 0 Å². The molecule has 0 unspecified atom stereocenters. The van der Waals surface area contributed by atoms with E-state index in [2.05, 4.69) is 25.2 Å². The average molecular weight is 364 g/mol. The number of amides is 2. The Hall–Kier alpha value is -3.28. The second-order valence-corrected chi connectivity index (χ2v) is 6.63. The van der Waals surface area contributed by atoms with E-state index >= 15 is 0 Å². The van der Waals surface area contributed by atoms with E-state index < -0.39 is 6.03 Å². The van der Waals surface area contributed by atoms with Crippen molar-refractivity contribution in [2.24, 2.45) is 5.73 Å². The molecule has 3 N–H and O–H groups in total. The van der Waals surface area contributed by atoms with E-state index in [9.17, 15) is 4.79 Å².